The first kappa shape index (κ1) is 18.9. The average Bonchev–Trinajstić information content (AvgIpc) is 2.91. The quantitative estimate of drug-likeness (QED) is 0.617. The zero-order chi connectivity index (χ0) is 19.5. The molecule has 6 nitrogen and oxygen atoms in total. The number of fused-ring (bicyclic) bond motifs is 2. The minimum Gasteiger partial charge on any atom is -0.353 e. The average molecular weight is 443 g/mol. The fraction of sp³-hybridized carbons (Fsp3) is 0.381. The highest BCUT2D eigenvalue weighted by Crippen LogP contribution is 2.20. The summed E-state index contributed by atoms with van der Waals surface area (Å²) in [7, 11) is 0. The summed E-state index contributed by atoms with van der Waals surface area (Å²) in [5, 5.41) is 8.27. The Morgan fingerprint density at radius 1 is 1.18 bits per heavy atom. The van der Waals surface area contributed by atoms with Crippen LogP contribution in [0, 0.1) is 0 Å². The van der Waals surface area contributed by atoms with Gasteiger partial charge in [0.05, 0.1) is 6.20 Å². The molecular formula is C21H23BrN4O2. The largest absolute Gasteiger partial charge is 0.353 e. The number of nitrogens with one attached hydrogen (secondary N) is 1. The summed E-state index contributed by atoms with van der Waals surface area (Å²) < 4.78 is 4.42. The van der Waals surface area contributed by atoms with Crippen LogP contribution in [-0.2, 0) is 30.7 Å². The Hall–Kier alpha value is -2.41. The second-order valence-electron chi connectivity index (χ2n) is 7.23. The number of hydrogen-bond acceptors (Lipinski definition) is 3. The van der Waals surface area contributed by atoms with Gasteiger partial charge >= 0.3 is 0 Å². The highest BCUT2D eigenvalue weighted by Gasteiger charge is 2.15. The smallest absolute Gasteiger partial charge is 0.270 e. The molecule has 1 aromatic carbocycles. The van der Waals surface area contributed by atoms with Gasteiger partial charge in [0.1, 0.15) is 6.54 Å². The normalized spacial score (nSPS) is 13.9. The number of rotatable bonds is 5. The number of aryl methyl sites for hydroxylation is 1. The van der Waals surface area contributed by atoms with Crippen molar-refractivity contribution in [3.05, 3.63) is 62.6 Å². The topological polar surface area (TPSA) is 68.9 Å². The zero-order valence-electron chi connectivity index (χ0n) is 15.7. The van der Waals surface area contributed by atoms with Crippen molar-refractivity contribution >= 4 is 32.7 Å². The van der Waals surface area contributed by atoms with Crippen LogP contribution in [0.3, 0.4) is 0 Å². The predicted octanol–water partition coefficient (Wildman–Crippen LogP) is 3.05. The molecule has 1 aliphatic carbocycles. The molecule has 2 heterocycles. The molecule has 0 saturated heterocycles. The van der Waals surface area contributed by atoms with Crippen LogP contribution in [0.1, 0.15) is 30.4 Å². The van der Waals surface area contributed by atoms with Gasteiger partial charge in [-0.15, -0.1) is 0 Å². The molecule has 1 amide bonds. The zero-order valence-corrected chi connectivity index (χ0v) is 17.2. The van der Waals surface area contributed by atoms with Crippen molar-refractivity contribution in [3.8, 4) is 0 Å². The van der Waals surface area contributed by atoms with Crippen molar-refractivity contribution in [1.29, 1.82) is 0 Å². The van der Waals surface area contributed by atoms with E-state index >= 15 is 0 Å². The first-order valence-corrected chi connectivity index (χ1v) is 10.5. The first-order chi connectivity index (χ1) is 13.6. The summed E-state index contributed by atoms with van der Waals surface area (Å²) >= 11 is 3.50. The summed E-state index contributed by atoms with van der Waals surface area (Å²) in [6.07, 6.45) is 8.74. The number of hydrogen-bond donors (Lipinski definition) is 1. The Labute approximate surface area is 171 Å². The van der Waals surface area contributed by atoms with Crippen molar-refractivity contribution in [3.63, 3.8) is 0 Å². The lowest BCUT2D eigenvalue weighted by Crippen LogP contribution is -2.36. The van der Waals surface area contributed by atoms with E-state index in [1.165, 1.54) is 4.68 Å². The van der Waals surface area contributed by atoms with Crippen molar-refractivity contribution in [1.82, 2.24) is 19.7 Å². The van der Waals surface area contributed by atoms with E-state index in [2.05, 4.69) is 49.1 Å². The Kier molecular flexibility index (Phi) is 5.62. The lowest BCUT2D eigenvalue weighted by molar-refractivity contribution is -0.121. The lowest BCUT2D eigenvalue weighted by Gasteiger charge is -2.11. The lowest BCUT2D eigenvalue weighted by atomic mass is 10.1. The molecule has 3 aromatic rings. The van der Waals surface area contributed by atoms with E-state index in [1.807, 2.05) is 12.3 Å². The molecule has 0 aliphatic heterocycles. The fourth-order valence-corrected chi connectivity index (χ4v) is 4.16. The summed E-state index contributed by atoms with van der Waals surface area (Å²) in [6, 6.07) is 8.20. The number of aromatic nitrogens is 3. The Morgan fingerprint density at radius 3 is 2.93 bits per heavy atom. The summed E-state index contributed by atoms with van der Waals surface area (Å²) in [5.41, 5.74) is 2.89. The SMILES string of the molecule is O=C(Cn1ncc2c(c1=O)CCCCC2)NCCn1ccc2ccc(Br)cc21. The number of amides is 1. The van der Waals surface area contributed by atoms with Gasteiger partial charge in [0.15, 0.2) is 0 Å². The third-order valence-electron chi connectivity index (χ3n) is 5.31. The molecule has 0 spiro atoms. The monoisotopic (exact) mass is 442 g/mol. The van der Waals surface area contributed by atoms with Crippen LogP contribution in [0.2, 0.25) is 0 Å². The second-order valence-corrected chi connectivity index (χ2v) is 8.15. The maximum atomic E-state index is 12.7. The van der Waals surface area contributed by atoms with Gasteiger partial charge in [-0.1, -0.05) is 28.4 Å². The fourth-order valence-electron chi connectivity index (χ4n) is 3.81. The van der Waals surface area contributed by atoms with E-state index in [9.17, 15) is 9.59 Å². The van der Waals surface area contributed by atoms with Gasteiger partial charge < -0.3 is 9.88 Å². The van der Waals surface area contributed by atoms with Gasteiger partial charge in [0.2, 0.25) is 5.91 Å². The van der Waals surface area contributed by atoms with Gasteiger partial charge in [0.25, 0.3) is 5.56 Å². The van der Waals surface area contributed by atoms with Gasteiger partial charge in [-0.3, -0.25) is 9.59 Å². The Balaban J connectivity index is 1.38. The molecule has 0 atom stereocenters. The van der Waals surface area contributed by atoms with Gasteiger partial charge in [-0.2, -0.15) is 5.10 Å². The Bertz CT molecular complexity index is 1070. The molecule has 0 radical (unpaired) electrons. The van der Waals surface area contributed by atoms with Gasteiger partial charge in [0, 0.05) is 34.8 Å². The molecule has 1 aliphatic rings. The van der Waals surface area contributed by atoms with Crippen LogP contribution in [0.25, 0.3) is 10.9 Å². The predicted molar refractivity (Wildman–Crippen MR) is 112 cm³/mol. The van der Waals surface area contributed by atoms with Crippen LogP contribution in [-0.4, -0.2) is 26.8 Å². The molecule has 1 N–H and O–H groups in total. The highest BCUT2D eigenvalue weighted by atomic mass is 79.9. The third-order valence-corrected chi connectivity index (χ3v) is 5.80. The molecule has 2 aromatic heterocycles. The molecular weight excluding hydrogens is 420 g/mol. The number of nitrogens with zero attached hydrogens (tertiary/aromatic N) is 3. The van der Waals surface area contributed by atoms with E-state index < -0.39 is 0 Å². The number of carbonyl (C=O) groups is 1. The molecule has 0 unspecified atom stereocenters. The molecule has 28 heavy (non-hydrogen) atoms. The Morgan fingerprint density at radius 2 is 2.04 bits per heavy atom. The molecule has 0 saturated carbocycles. The number of halogens is 1. The molecule has 146 valence electrons. The maximum Gasteiger partial charge on any atom is 0.270 e. The van der Waals surface area contributed by atoms with E-state index in [0.29, 0.717) is 13.1 Å². The van der Waals surface area contributed by atoms with Crippen molar-refractivity contribution < 1.29 is 4.79 Å². The second kappa shape index (κ2) is 8.31. The van der Waals surface area contributed by atoms with Crippen LogP contribution >= 0.6 is 15.9 Å². The van der Waals surface area contributed by atoms with Crippen LogP contribution in [0.4, 0.5) is 0 Å². The molecule has 4 rings (SSSR count). The third kappa shape index (κ3) is 4.04. The summed E-state index contributed by atoms with van der Waals surface area (Å²) in [4.78, 5) is 25.0. The van der Waals surface area contributed by atoms with Crippen LogP contribution < -0.4 is 10.9 Å². The van der Waals surface area contributed by atoms with E-state index in [1.54, 1.807) is 6.20 Å². The first-order valence-electron chi connectivity index (χ1n) is 9.71. The summed E-state index contributed by atoms with van der Waals surface area (Å²) in [5.74, 6) is -0.194. The maximum absolute atomic E-state index is 12.7. The minimum atomic E-state index is -0.194. The minimum absolute atomic E-state index is 0.0376. The summed E-state index contributed by atoms with van der Waals surface area (Å²) in [6.45, 7) is 1.12. The molecule has 0 bridgehead atoms. The van der Waals surface area contributed by atoms with E-state index in [-0.39, 0.29) is 18.0 Å². The standard InChI is InChI=1S/C21H23BrN4O2/c22-17-7-6-15-8-10-25(19(15)12-17)11-9-23-20(27)14-26-21(28)18-5-3-1-2-4-16(18)13-24-26/h6-8,10,12-13H,1-5,9,11,14H2,(H,23,27). The molecule has 0 fully saturated rings. The van der Waals surface area contributed by atoms with Crippen LogP contribution in [0.5, 0.6) is 0 Å². The number of carbonyl (C=O) groups excluding carboxylic acids is 1. The van der Waals surface area contributed by atoms with Crippen LogP contribution in [0.15, 0.2) is 45.9 Å². The van der Waals surface area contributed by atoms with Crippen molar-refractivity contribution in [2.45, 2.75) is 45.2 Å². The van der Waals surface area contributed by atoms with Gasteiger partial charge in [-0.05, 0) is 54.8 Å². The molecule has 7 heteroatoms. The van der Waals surface area contributed by atoms with E-state index in [0.717, 1.165) is 58.6 Å². The van der Waals surface area contributed by atoms with Crippen molar-refractivity contribution in [2.75, 3.05) is 6.54 Å². The number of benzene rings is 1. The van der Waals surface area contributed by atoms with E-state index in [4.69, 9.17) is 0 Å². The van der Waals surface area contributed by atoms with Crippen molar-refractivity contribution in [2.24, 2.45) is 0 Å². The van der Waals surface area contributed by atoms with Gasteiger partial charge in [-0.25, -0.2) is 4.68 Å². The highest BCUT2D eigenvalue weighted by molar-refractivity contribution is 9.10.